The number of likely N-dealkylation sites (N-methyl/N-ethyl adjacent to an activating group) is 1. The van der Waals surface area contributed by atoms with Crippen molar-refractivity contribution < 1.29 is 4.76 Å². The van der Waals surface area contributed by atoms with Crippen LogP contribution in [0.1, 0.15) is 6.92 Å². The van der Waals surface area contributed by atoms with Gasteiger partial charge in [0, 0.05) is 9.67 Å². The second-order valence-electron chi connectivity index (χ2n) is 1.55. The fraction of sp³-hybridized carbons (Fsp3) is 0.333. The summed E-state index contributed by atoms with van der Waals surface area (Å²) in [5.74, 6) is 0. The summed E-state index contributed by atoms with van der Waals surface area (Å²) in [7, 11) is 0. The molecule has 0 amide bonds. The van der Waals surface area contributed by atoms with E-state index in [0.717, 1.165) is 0 Å². The van der Waals surface area contributed by atoms with Crippen LogP contribution in [-0.4, -0.2) is 11.3 Å². The second kappa shape index (κ2) is 3.41. The normalized spacial score (nSPS) is 8.67. The summed E-state index contributed by atoms with van der Waals surface area (Å²) in [6, 6.07) is 0. The zero-order valence-corrected chi connectivity index (χ0v) is 6.11. The maximum atomic E-state index is 10.6. The molecular formula is C6H9ClNO+. The van der Waals surface area contributed by atoms with Crippen LogP contribution in [0.3, 0.4) is 0 Å². The fourth-order valence-corrected chi connectivity index (χ4v) is 0.420. The lowest BCUT2D eigenvalue weighted by Crippen LogP contribution is -2.04. The van der Waals surface area contributed by atoms with Gasteiger partial charge in [0.15, 0.2) is 6.54 Å². The molecule has 0 aliphatic rings. The first-order valence-corrected chi connectivity index (χ1v) is 2.95. The number of nitrogens with zero attached hydrogens (tertiary/aromatic N) is 1. The molecule has 0 spiro atoms. The lowest BCUT2D eigenvalue weighted by atomic mass is 10.4. The molecule has 0 saturated heterocycles. The molecule has 0 radical (unpaired) electrons. The highest BCUT2D eigenvalue weighted by Crippen LogP contribution is 2.09. The summed E-state index contributed by atoms with van der Waals surface area (Å²) in [6.07, 6.45) is 0. The van der Waals surface area contributed by atoms with E-state index in [2.05, 4.69) is 13.2 Å². The van der Waals surface area contributed by atoms with Crippen LogP contribution >= 0.6 is 11.6 Å². The van der Waals surface area contributed by atoms with E-state index in [1.807, 2.05) is 0 Å². The lowest BCUT2D eigenvalue weighted by molar-refractivity contribution is -0.490. The highest BCUT2D eigenvalue weighted by Gasteiger charge is 2.12. The maximum absolute atomic E-state index is 10.6. The van der Waals surface area contributed by atoms with Gasteiger partial charge in [-0.3, -0.25) is 0 Å². The van der Waals surface area contributed by atoms with Gasteiger partial charge in [-0.15, -0.1) is 0 Å². The summed E-state index contributed by atoms with van der Waals surface area (Å²) < 4.78 is 0.690. The third-order valence-corrected chi connectivity index (χ3v) is 1.12. The summed E-state index contributed by atoms with van der Waals surface area (Å²) in [6.45, 7) is 8.83. The van der Waals surface area contributed by atoms with E-state index in [1.54, 1.807) is 6.92 Å². The smallest absolute Gasteiger partial charge is 0.0776 e. The molecule has 0 aliphatic carbocycles. The van der Waals surface area contributed by atoms with Crippen LogP contribution in [0.15, 0.2) is 23.9 Å². The van der Waals surface area contributed by atoms with Gasteiger partial charge in [0.25, 0.3) is 5.70 Å². The first-order valence-electron chi connectivity index (χ1n) is 2.58. The van der Waals surface area contributed by atoms with Gasteiger partial charge in [-0.25, -0.2) is 0 Å². The number of hydrogen-bond acceptors (Lipinski definition) is 1. The molecule has 3 heteroatoms. The SMILES string of the molecule is C=C(Cl)C(=C)[N+](=O)CC. The van der Waals surface area contributed by atoms with E-state index < -0.39 is 0 Å². The van der Waals surface area contributed by atoms with E-state index in [9.17, 15) is 4.91 Å². The highest BCUT2D eigenvalue weighted by molar-refractivity contribution is 6.31. The summed E-state index contributed by atoms with van der Waals surface area (Å²) in [4.78, 5) is 10.6. The van der Waals surface area contributed by atoms with Crippen LogP contribution in [0.2, 0.25) is 0 Å². The van der Waals surface area contributed by atoms with Crippen molar-refractivity contribution in [2.75, 3.05) is 6.54 Å². The van der Waals surface area contributed by atoms with Gasteiger partial charge >= 0.3 is 0 Å². The average Bonchev–Trinajstić information content (AvgIpc) is 1.84. The van der Waals surface area contributed by atoms with Gasteiger partial charge in [0.1, 0.15) is 5.03 Å². The van der Waals surface area contributed by atoms with Crippen LogP contribution in [0, 0.1) is 4.91 Å². The van der Waals surface area contributed by atoms with E-state index in [0.29, 0.717) is 11.3 Å². The largest absolute Gasteiger partial charge is 0.266 e. The summed E-state index contributed by atoms with van der Waals surface area (Å²) >= 11 is 5.37. The monoisotopic (exact) mass is 146 g/mol. The Morgan fingerprint density at radius 3 is 2.22 bits per heavy atom. The van der Waals surface area contributed by atoms with Crippen molar-refractivity contribution >= 4 is 11.6 Å². The lowest BCUT2D eigenvalue weighted by Gasteiger charge is -1.87. The molecule has 0 aliphatic heterocycles. The Kier molecular flexibility index (Phi) is 3.17. The van der Waals surface area contributed by atoms with E-state index in [1.165, 1.54) is 0 Å². The molecule has 0 atom stereocenters. The zero-order chi connectivity index (χ0) is 7.44. The molecule has 0 rings (SSSR count). The molecule has 0 aromatic heterocycles. The average molecular weight is 147 g/mol. The Morgan fingerprint density at radius 1 is 1.67 bits per heavy atom. The van der Waals surface area contributed by atoms with E-state index in [-0.39, 0.29) is 10.7 Å². The Hall–Kier alpha value is -0.630. The predicted octanol–water partition coefficient (Wildman–Crippen LogP) is 2.05. The molecule has 50 valence electrons. The number of halogens is 1. The maximum Gasteiger partial charge on any atom is 0.266 e. The molecule has 0 N–H and O–H groups in total. The molecular weight excluding hydrogens is 138 g/mol. The van der Waals surface area contributed by atoms with Gasteiger partial charge < -0.3 is 0 Å². The van der Waals surface area contributed by atoms with Crippen molar-refractivity contribution in [2.24, 2.45) is 0 Å². The fourth-order valence-electron chi connectivity index (χ4n) is 0.326. The van der Waals surface area contributed by atoms with Crippen molar-refractivity contribution in [1.82, 2.24) is 0 Å². The minimum absolute atomic E-state index is 0.201. The number of allylic oxidation sites excluding steroid dienone is 1. The Labute approximate surface area is 59.4 Å². The second-order valence-corrected chi connectivity index (χ2v) is 2.00. The van der Waals surface area contributed by atoms with Crippen LogP contribution in [0.4, 0.5) is 0 Å². The molecule has 9 heavy (non-hydrogen) atoms. The minimum Gasteiger partial charge on any atom is -0.0776 e. The molecule has 0 aromatic rings. The predicted molar refractivity (Wildman–Crippen MR) is 38.3 cm³/mol. The highest BCUT2D eigenvalue weighted by atomic mass is 35.5. The van der Waals surface area contributed by atoms with Gasteiger partial charge in [0.05, 0.1) is 0 Å². The van der Waals surface area contributed by atoms with Gasteiger partial charge in [0.2, 0.25) is 0 Å². The van der Waals surface area contributed by atoms with Crippen LogP contribution in [0.5, 0.6) is 0 Å². The molecule has 2 nitrogen and oxygen atoms in total. The number of hydrogen-bond donors (Lipinski definition) is 0. The van der Waals surface area contributed by atoms with Crippen molar-refractivity contribution in [2.45, 2.75) is 6.92 Å². The van der Waals surface area contributed by atoms with Gasteiger partial charge in [-0.05, 0) is 13.5 Å². The topological polar surface area (TPSA) is 20.1 Å². The minimum atomic E-state index is 0.201. The van der Waals surface area contributed by atoms with Crippen molar-refractivity contribution in [1.29, 1.82) is 0 Å². The van der Waals surface area contributed by atoms with Crippen LogP contribution < -0.4 is 0 Å². The third-order valence-electron chi connectivity index (χ3n) is 0.901. The Balaban J connectivity index is 4.05. The first kappa shape index (κ1) is 8.37. The number of rotatable bonds is 3. The number of nitroso groups, excluding NO2 is 1. The van der Waals surface area contributed by atoms with Crippen molar-refractivity contribution in [3.8, 4) is 0 Å². The molecule has 0 bridgehead atoms. The standard InChI is InChI=1S/C6H9ClNO/c1-4-8(9)6(3)5(2)7/h2-4H2,1H3/q+1. The molecule has 0 fully saturated rings. The first-order chi connectivity index (χ1) is 4.09. The van der Waals surface area contributed by atoms with Gasteiger partial charge in [-0.1, -0.05) is 18.2 Å². The Bertz CT molecular complexity index is 162. The third kappa shape index (κ3) is 2.42. The van der Waals surface area contributed by atoms with Gasteiger partial charge in [-0.2, -0.15) is 0 Å². The molecule has 0 aromatic carbocycles. The van der Waals surface area contributed by atoms with Crippen LogP contribution in [0.25, 0.3) is 0 Å². The van der Waals surface area contributed by atoms with Crippen molar-refractivity contribution in [3.05, 3.63) is 28.8 Å². The van der Waals surface area contributed by atoms with Crippen LogP contribution in [-0.2, 0) is 0 Å². The molecule has 0 saturated carbocycles. The Morgan fingerprint density at radius 2 is 2.11 bits per heavy atom. The van der Waals surface area contributed by atoms with E-state index >= 15 is 0 Å². The summed E-state index contributed by atoms with van der Waals surface area (Å²) in [5.41, 5.74) is 0.235. The van der Waals surface area contributed by atoms with Crippen molar-refractivity contribution in [3.63, 3.8) is 0 Å². The zero-order valence-electron chi connectivity index (χ0n) is 5.35. The molecule has 0 heterocycles. The summed E-state index contributed by atoms with van der Waals surface area (Å²) in [5, 5.41) is 0.201. The quantitative estimate of drug-likeness (QED) is 0.441. The molecule has 0 unspecified atom stereocenters. The van der Waals surface area contributed by atoms with E-state index in [4.69, 9.17) is 11.6 Å².